The Kier molecular flexibility index (Phi) is 5.65. The fourth-order valence-corrected chi connectivity index (χ4v) is 2.89. The number of aromatic amines is 1. The monoisotopic (exact) mass is 367 g/mol. The summed E-state index contributed by atoms with van der Waals surface area (Å²) in [6.07, 6.45) is 0.331. The number of tetrazole rings is 1. The molecule has 8 nitrogen and oxygen atoms in total. The Morgan fingerprint density at radius 2 is 1.96 bits per heavy atom. The number of methoxy groups -OCH3 is 2. The Bertz CT molecular complexity index is 911. The van der Waals surface area contributed by atoms with Crippen LogP contribution in [-0.2, 0) is 11.2 Å². The quantitative estimate of drug-likeness (QED) is 0.665. The largest absolute Gasteiger partial charge is 0.493 e. The average Bonchev–Trinajstić information content (AvgIpc) is 3.21. The van der Waals surface area contributed by atoms with Crippen LogP contribution in [0.2, 0.25) is 0 Å². The molecule has 0 saturated heterocycles. The number of nitrogens with one attached hydrogen (secondary N) is 2. The first kappa shape index (κ1) is 18.4. The molecule has 0 aliphatic rings. The fourth-order valence-electron chi connectivity index (χ4n) is 2.89. The van der Waals surface area contributed by atoms with E-state index in [1.807, 2.05) is 43.3 Å². The summed E-state index contributed by atoms with van der Waals surface area (Å²) in [7, 11) is 3.14. The second-order valence-electron chi connectivity index (χ2n) is 5.98. The number of benzene rings is 2. The Balaban J connectivity index is 1.92. The normalized spacial score (nSPS) is 11.7. The number of nitrogens with zero attached hydrogens (tertiary/aromatic N) is 3. The van der Waals surface area contributed by atoms with Gasteiger partial charge in [0.25, 0.3) is 0 Å². The lowest BCUT2D eigenvalue weighted by Crippen LogP contribution is -2.24. The molecule has 0 fully saturated rings. The number of aromatic nitrogens is 4. The predicted octanol–water partition coefficient (Wildman–Crippen LogP) is 2.49. The van der Waals surface area contributed by atoms with Crippen molar-refractivity contribution in [3.8, 4) is 11.5 Å². The number of hydrogen-bond donors (Lipinski definition) is 2. The fraction of sp³-hybridized carbons (Fsp3) is 0.263. The number of ether oxygens (including phenoxy) is 2. The highest BCUT2D eigenvalue weighted by Gasteiger charge is 2.27. The second-order valence-corrected chi connectivity index (χ2v) is 5.98. The van der Waals surface area contributed by atoms with Gasteiger partial charge >= 0.3 is 0 Å². The number of rotatable bonds is 7. The molecular weight excluding hydrogens is 346 g/mol. The number of hydrogen-bond acceptors (Lipinski definition) is 6. The van der Waals surface area contributed by atoms with Gasteiger partial charge in [0, 0.05) is 5.69 Å². The third kappa shape index (κ3) is 4.05. The average molecular weight is 367 g/mol. The standard InChI is InChI=1S/C19H21N5O3/c1-12-7-4-5-9-15(12)20-19(25)14(18-21-23-24-22-18)11-13-8-6-10-16(26-2)17(13)27-3/h4-10,14H,11H2,1-3H3,(H,20,25)(H,21,22,23,24)/t14-/m0/s1. The summed E-state index contributed by atoms with van der Waals surface area (Å²) in [5.41, 5.74) is 2.52. The second kappa shape index (κ2) is 8.31. The smallest absolute Gasteiger partial charge is 0.235 e. The Labute approximate surface area is 156 Å². The Morgan fingerprint density at radius 3 is 2.63 bits per heavy atom. The summed E-state index contributed by atoms with van der Waals surface area (Å²) in [6, 6.07) is 13.1. The molecule has 27 heavy (non-hydrogen) atoms. The van der Waals surface area contributed by atoms with Crippen LogP contribution in [0.25, 0.3) is 0 Å². The van der Waals surface area contributed by atoms with Gasteiger partial charge in [-0.25, -0.2) is 0 Å². The first-order valence-corrected chi connectivity index (χ1v) is 8.43. The van der Waals surface area contributed by atoms with E-state index < -0.39 is 5.92 Å². The summed E-state index contributed by atoms with van der Waals surface area (Å²) in [6.45, 7) is 1.93. The molecule has 0 aliphatic carbocycles. The Morgan fingerprint density at radius 1 is 1.15 bits per heavy atom. The van der Waals surface area contributed by atoms with Crippen LogP contribution in [0, 0.1) is 6.92 Å². The zero-order valence-corrected chi connectivity index (χ0v) is 15.4. The van der Waals surface area contributed by atoms with Gasteiger partial charge in [0.05, 0.1) is 14.2 Å². The van der Waals surface area contributed by atoms with Gasteiger partial charge in [-0.3, -0.25) is 4.79 Å². The highest BCUT2D eigenvalue weighted by molar-refractivity contribution is 5.96. The molecule has 0 radical (unpaired) electrons. The summed E-state index contributed by atoms with van der Waals surface area (Å²) in [5, 5.41) is 17.0. The van der Waals surface area contributed by atoms with E-state index in [0.717, 1.165) is 16.8 Å². The van der Waals surface area contributed by atoms with Crippen molar-refractivity contribution in [2.75, 3.05) is 19.5 Å². The molecule has 0 bridgehead atoms. The lowest BCUT2D eigenvalue weighted by atomic mass is 9.96. The number of amides is 1. The molecule has 1 heterocycles. The van der Waals surface area contributed by atoms with Crippen molar-refractivity contribution in [2.45, 2.75) is 19.3 Å². The number of para-hydroxylation sites is 2. The van der Waals surface area contributed by atoms with E-state index in [1.54, 1.807) is 20.3 Å². The number of aryl methyl sites for hydroxylation is 1. The van der Waals surface area contributed by atoms with Crippen LogP contribution in [0.5, 0.6) is 11.5 Å². The maximum Gasteiger partial charge on any atom is 0.235 e. The van der Waals surface area contributed by atoms with Gasteiger partial charge in [0.1, 0.15) is 5.92 Å². The van der Waals surface area contributed by atoms with Crippen molar-refractivity contribution in [3.63, 3.8) is 0 Å². The maximum atomic E-state index is 13.0. The summed E-state index contributed by atoms with van der Waals surface area (Å²) >= 11 is 0. The van der Waals surface area contributed by atoms with Crippen LogP contribution in [0.15, 0.2) is 42.5 Å². The first-order chi connectivity index (χ1) is 13.1. The number of carbonyl (C=O) groups is 1. The van der Waals surface area contributed by atoms with Crippen molar-refractivity contribution >= 4 is 11.6 Å². The SMILES string of the molecule is COc1cccc(C[C@H](C(=O)Nc2ccccc2C)c2nn[nH]n2)c1OC. The zero-order valence-electron chi connectivity index (χ0n) is 15.4. The molecule has 0 saturated carbocycles. The van der Waals surface area contributed by atoms with Crippen LogP contribution in [0.1, 0.15) is 22.9 Å². The first-order valence-electron chi connectivity index (χ1n) is 8.43. The lowest BCUT2D eigenvalue weighted by molar-refractivity contribution is -0.117. The third-order valence-electron chi connectivity index (χ3n) is 4.30. The number of H-pyrrole nitrogens is 1. The zero-order chi connectivity index (χ0) is 19.2. The molecule has 0 unspecified atom stereocenters. The van der Waals surface area contributed by atoms with E-state index >= 15 is 0 Å². The van der Waals surface area contributed by atoms with Crippen LogP contribution in [0.4, 0.5) is 5.69 Å². The molecule has 1 atom stereocenters. The molecule has 8 heteroatoms. The van der Waals surface area contributed by atoms with E-state index in [4.69, 9.17) is 9.47 Å². The van der Waals surface area contributed by atoms with Crippen LogP contribution < -0.4 is 14.8 Å². The molecule has 2 aromatic carbocycles. The summed E-state index contributed by atoms with van der Waals surface area (Å²) < 4.78 is 10.8. The van der Waals surface area contributed by atoms with Crippen molar-refractivity contribution in [2.24, 2.45) is 0 Å². The van der Waals surface area contributed by atoms with Crippen molar-refractivity contribution < 1.29 is 14.3 Å². The minimum absolute atomic E-state index is 0.226. The molecule has 140 valence electrons. The highest BCUT2D eigenvalue weighted by Crippen LogP contribution is 2.34. The van der Waals surface area contributed by atoms with Crippen molar-refractivity contribution in [1.82, 2.24) is 20.6 Å². The van der Waals surface area contributed by atoms with Gasteiger partial charge in [-0.2, -0.15) is 5.21 Å². The molecule has 2 N–H and O–H groups in total. The maximum absolute atomic E-state index is 13.0. The van der Waals surface area contributed by atoms with Crippen LogP contribution in [-0.4, -0.2) is 40.8 Å². The van der Waals surface area contributed by atoms with Crippen molar-refractivity contribution in [3.05, 3.63) is 59.4 Å². The molecule has 1 amide bonds. The van der Waals surface area contributed by atoms with Gasteiger partial charge < -0.3 is 14.8 Å². The summed E-state index contributed by atoms with van der Waals surface area (Å²) in [4.78, 5) is 13.0. The minimum Gasteiger partial charge on any atom is -0.493 e. The van der Waals surface area contributed by atoms with E-state index in [9.17, 15) is 4.79 Å². The van der Waals surface area contributed by atoms with Crippen LogP contribution in [0.3, 0.4) is 0 Å². The predicted molar refractivity (Wildman–Crippen MR) is 100.0 cm³/mol. The lowest BCUT2D eigenvalue weighted by Gasteiger charge is -2.17. The third-order valence-corrected chi connectivity index (χ3v) is 4.30. The summed E-state index contributed by atoms with van der Waals surface area (Å²) in [5.74, 6) is 0.615. The number of carbonyl (C=O) groups excluding carboxylic acids is 1. The molecule has 0 spiro atoms. The van der Waals surface area contributed by atoms with Gasteiger partial charge in [0.2, 0.25) is 5.91 Å². The molecular formula is C19H21N5O3. The molecule has 3 rings (SSSR count). The van der Waals surface area contributed by atoms with E-state index in [0.29, 0.717) is 23.7 Å². The topological polar surface area (TPSA) is 102 Å². The Hall–Kier alpha value is -3.42. The van der Waals surface area contributed by atoms with E-state index in [1.165, 1.54) is 0 Å². The van der Waals surface area contributed by atoms with Crippen LogP contribution >= 0.6 is 0 Å². The minimum atomic E-state index is -0.649. The number of anilines is 1. The van der Waals surface area contributed by atoms with E-state index in [2.05, 4.69) is 25.9 Å². The molecule has 3 aromatic rings. The van der Waals surface area contributed by atoms with Gasteiger partial charge in [-0.05, 0) is 36.6 Å². The van der Waals surface area contributed by atoms with E-state index in [-0.39, 0.29) is 5.91 Å². The molecule has 1 aromatic heterocycles. The van der Waals surface area contributed by atoms with Crippen molar-refractivity contribution in [1.29, 1.82) is 0 Å². The van der Waals surface area contributed by atoms with Gasteiger partial charge in [-0.1, -0.05) is 35.5 Å². The van der Waals surface area contributed by atoms with Gasteiger partial charge in [-0.15, -0.1) is 10.2 Å². The molecule has 0 aliphatic heterocycles. The highest BCUT2D eigenvalue weighted by atomic mass is 16.5. The van der Waals surface area contributed by atoms with Gasteiger partial charge in [0.15, 0.2) is 17.3 Å².